The first kappa shape index (κ1) is 21.2. The summed E-state index contributed by atoms with van der Waals surface area (Å²) in [6.07, 6.45) is 4.23. The van der Waals surface area contributed by atoms with Gasteiger partial charge in [0.15, 0.2) is 5.69 Å². The molecule has 0 saturated carbocycles. The minimum absolute atomic E-state index is 0. The third kappa shape index (κ3) is 4.66. The highest BCUT2D eigenvalue weighted by Gasteiger charge is 2.22. The topological polar surface area (TPSA) is 34.6 Å². The van der Waals surface area contributed by atoms with E-state index in [2.05, 4.69) is 48.6 Å². The van der Waals surface area contributed by atoms with Gasteiger partial charge in [0.1, 0.15) is 5.69 Å². The fourth-order valence-corrected chi connectivity index (χ4v) is 3.36. The third-order valence-corrected chi connectivity index (χ3v) is 4.97. The SMILES string of the molecule is C(=C\c1ccc(-[n+]2nc(-c3ccccc3)nn2-c2ccccc2)cc1)/c1ccccc1.[Cl-]. The van der Waals surface area contributed by atoms with Crippen molar-refractivity contribution >= 4 is 12.2 Å². The van der Waals surface area contributed by atoms with Crippen molar-refractivity contribution in [1.29, 1.82) is 0 Å². The minimum atomic E-state index is 0. The summed E-state index contributed by atoms with van der Waals surface area (Å²) in [5.41, 5.74) is 5.17. The van der Waals surface area contributed by atoms with Crippen LogP contribution in [-0.2, 0) is 0 Å². The summed E-state index contributed by atoms with van der Waals surface area (Å²) < 4.78 is 0. The van der Waals surface area contributed by atoms with Crippen LogP contribution in [0.15, 0.2) is 115 Å². The van der Waals surface area contributed by atoms with Crippen molar-refractivity contribution in [1.82, 2.24) is 15.0 Å². The lowest BCUT2D eigenvalue weighted by atomic mass is 10.1. The van der Waals surface area contributed by atoms with E-state index in [0.29, 0.717) is 5.82 Å². The Morgan fingerprint density at radius 1 is 0.594 bits per heavy atom. The summed E-state index contributed by atoms with van der Waals surface area (Å²) in [6.45, 7) is 0. The molecule has 0 aliphatic carbocycles. The number of hydrogen-bond acceptors (Lipinski definition) is 2. The molecule has 4 nitrogen and oxygen atoms in total. The molecule has 1 heterocycles. The maximum Gasteiger partial charge on any atom is 0.340 e. The van der Waals surface area contributed by atoms with Crippen molar-refractivity contribution in [3.63, 3.8) is 0 Å². The highest BCUT2D eigenvalue weighted by atomic mass is 35.5. The van der Waals surface area contributed by atoms with E-state index < -0.39 is 0 Å². The number of aromatic nitrogens is 4. The van der Waals surface area contributed by atoms with Gasteiger partial charge in [0.2, 0.25) is 0 Å². The zero-order valence-electron chi connectivity index (χ0n) is 17.3. The van der Waals surface area contributed by atoms with Crippen LogP contribution in [0.3, 0.4) is 0 Å². The second-order valence-electron chi connectivity index (χ2n) is 7.14. The van der Waals surface area contributed by atoms with Crippen LogP contribution in [0.25, 0.3) is 34.9 Å². The Kier molecular flexibility index (Phi) is 6.54. The van der Waals surface area contributed by atoms with E-state index in [1.165, 1.54) is 5.56 Å². The Morgan fingerprint density at radius 3 is 1.75 bits per heavy atom. The van der Waals surface area contributed by atoms with Crippen LogP contribution in [0.4, 0.5) is 0 Å². The van der Waals surface area contributed by atoms with E-state index >= 15 is 0 Å². The summed E-state index contributed by atoms with van der Waals surface area (Å²) >= 11 is 0. The molecule has 5 heteroatoms. The quantitative estimate of drug-likeness (QED) is 0.313. The lowest BCUT2D eigenvalue weighted by Gasteiger charge is -2.00. The number of benzene rings is 4. The monoisotopic (exact) mass is 436 g/mol. The lowest BCUT2D eigenvalue weighted by Crippen LogP contribution is -3.00. The zero-order chi connectivity index (χ0) is 20.9. The fraction of sp³-hybridized carbons (Fsp3) is 0. The molecule has 0 radical (unpaired) electrons. The van der Waals surface area contributed by atoms with Gasteiger partial charge in [0.25, 0.3) is 0 Å². The maximum atomic E-state index is 4.80. The number of para-hydroxylation sites is 1. The summed E-state index contributed by atoms with van der Waals surface area (Å²) in [5.74, 6) is 0.678. The predicted molar refractivity (Wildman–Crippen MR) is 124 cm³/mol. The van der Waals surface area contributed by atoms with Crippen LogP contribution in [0, 0.1) is 0 Å². The molecule has 1 aromatic heterocycles. The molecule has 32 heavy (non-hydrogen) atoms. The van der Waals surface area contributed by atoms with Crippen molar-refractivity contribution in [2.45, 2.75) is 0 Å². The molecule has 0 amide bonds. The van der Waals surface area contributed by atoms with Crippen molar-refractivity contribution in [2.75, 3.05) is 0 Å². The molecule has 4 aromatic carbocycles. The molecular weight excluding hydrogens is 416 g/mol. The molecule has 0 aliphatic heterocycles. The van der Waals surface area contributed by atoms with Crippen LogP contribution in [-0.4, -0.2) is 15.0 Å². The second-order valence-corrected chi connectivity index (χ2v) is 7.14. The van der Waals surface area contributed by atoms with Crippen molar-refractivity contribution in [2.24, 2.45) is 0 Å². The molecule has 0 unspecified atom stereocenters. The molecule has 0 aliphatic rings. The Bertz CT molecular complexity index is 1300. The van der Waals surface area contributed by atoms with Crippen LogP contribution in [0.5, 0.6) is 0 Å². The largest absolute Gasteiger partial charge is 1.00 e. The fourth-order valence-electron chi connectivity index (χ4n) is 3.36. The zero-order valence-corrected chi connectivity index (χ0v) is 18.0. The molecule has 0 bridgehead atoms. The van der Waals surface area contributed by atoms with E-state index in [-0.39, 0.29) is 12.4 Å². The summed E-state index contributed by atoms with van der Waals surface area (Å²) in [5, 5.41) is 9.58. The number of halogens is 1. The summed E-state index contributed by atoms with van der Waals surface area (Å²) in [6, 6.07) is 38.7. The predicted octanol–water partition coefficient (Wildman–Crippen LogP) is 2.39. The first-order chi connectivity index (χ1) is 15.4. The van der Waals surface area contributed by atoms with E-state index in [9.17, 15) is 0 Å². The second kappa shape index (κ2) is 9.86. The molecule has 0 atom stereocenters. The van der Waals surface area contributed by atoms with Gasteiger partial charge >= 0.3 is 5.82 Å². The highest BCUT2D eigenvalue weighted by Crippen LogP contribution is 2.15. The summed E-state index contributed by atoms with van der Waals surface area (Å²) in [4.78, 5) is 3.67. The Labute approximate surface area is 193 Å². The Hall–Kier alpha value is -4.02. The molecular formula is C27H21ClN4. The van der Waals surface area contributed by atoms with Crippen LogP contribution < -0.4 is 17.2 Å². The molecule has 0 spiro atoms. The standard InChI is InChI=1S/C27H21N4.ClH/c1-4-10-22(11-5-1)16-17-23-18-20-26(21-19-23)31-29-27(24-12-6-2-7-13-24)28-30(31)25-14-8-3-9-15-25;/h1-21H;1H/q+1;/p-1/b17-16+;. The Morgan fingerprint density at radius 2 is 1.12 bits per heavy atom. The molecule has 5 rings (SSSR count). The molecule has 156 valence electrons. The lowest BCUT2D eigenvalue weighted by molar-refractivity contribution is -0.734. The molecule has 0 saturated heterocycles. The number of rotatable bonds is 5. The Balaban J connectivity index is 0.00000245. The first-order valence-electron chi connectivity index (χ1n) is 10.2. The van der Waals surface area contributed by atoms with Gasteiger partial charge < -0.3 is 12.4 Å². The number of hydrogen-bond donors (Lipinski definition) is 0. The highest BCUT2D eigenvalue weighted by molar-refractivity contribution is 5.69. The first-order valence-corrected chi connectivity index (χ1v) is 10.2. The normalized spacial score (nSPS) is 10.8. The van der Waals surface area contributed by atoms with Crippen LogP contribution >= 0.6 is 0 Å². The molecule has 5 aromatic rings. The van der Waals surface area contributed by atoms with E-state index in [4.69, 9.17) is 10.2 Å². The minimum Gasteiger partial charge on any atom is -1.00 e. The van der Waals surface area contributed by atoms with E-state index in [1.54, 1.807) is 0 Å². The van der Waals surface area contributed by atoms with Crippen LogP contribution in [0.2, 0.25) is 0 Å². The maximum absolute atomic E-state index is 4.80. The van der Waals surface area contributed by atoms with Crippen molar-refractivity contribution in [3.8, 4) is 22.8 Å². The van der Waals surface area contributed by atoms with Gasteiger partial charge in [-0.3, -0.25) is 0 Å². The van der Waals surface area contributed by atoms with Gasteiger partial charge in [-0.15, -0.1) is 0 Å². The molecule has 0 fully saturated rings. The number of nitrogens with zero attached hydrogens (tertiary/aromatic N) is 4. The van der Waals surface area contributed by atoms with E-state index in [0.717, 1.165) is 22.5 Å². The smallest absolute Gasteiger partial charge is 0.340 e. The van der Waals surface area contributed by atoms with Crippen molar-refractivity contribution in [3.05, 3.63) is 126 Å². The molecule has 0 N–H and O–H groups in total. The average Bonchev–Trinajstić information content (AvgIpc) is 3.30. The average molecular weight is 437 g/mol. The van der Waals surface area contributed by atoms with E-state index in [1.807, 2.05) is 88.5 Å². The third-order valence-electron chi connectivity index (χ3n) is 4.97. The number of tetrazole rings is 1. The van der Waals surface area contributed by atoms with Gasteiger partial charge in [-0.05, 0) is 57.4 Å². The summed E-state index contributed by atoms with van der Waals surface area (Å²) in [7, 11) is 0. The van der Waals surface area contributed by atoms with Crippen molar-refractivity contribution < 1.29 is 17.2 Å². The van der Waals surface area contributed by atoms with Gasteiger partial charge in [-0.1, -0.05) is 91.0 Å². The van der Waals surface area contributed by atoms with Gasteiger partial charge in [0, 0.05) is 4.80 Å². The van der Waals surface area contributed by atoms with Gasteiger partial charge in [-0.2, -0.15) is 0 Å². The van der Waals surface area contributed by atoms with Gasteiger partial charge in [-0.25, -0.2) is 0 Å². The van der Waals surface area contributed by atoms with Crippen LogP contribution in [0.1, 0.15) is 11.1 Å². The van der Waals surface area contributed by atoms with Gasteiger partial charge in [0.05, 0.1) is 10.7 Å².